The van der Waals surface area contributed by atoms with Crippen molar-refractivity contribution in [2.75, 3.05) is 18.1 Å². The van der Waals surface area contributed by atoms with Crippen LogP contribution in [0.3, 0.4) is 0 Å². The maximum atomic E-state index is 12.5. The fraction of sp³-hybridized carbons (Fsp3) is 0.368. The van der Waals surface area contributed by atoms with Crippen LogP contribution in [0.15, 0.2) is 42.7 Å². The first-order chi connectivity index (χ1) is 13.1. The number of carbonyl (C=O) groups excluding carboxylic acids is 2. The van der Waals surface area contributed by atoms with Gasteiger partial charge >= 0.3 is 5.97 Å². The normalized spacial score (nSPS) is 16.6. The van der Waals surface area contributed by atoms with Gasteiger partial charge < -0.3 is 15.0 Å². The molecule has 0 bridgehead atoms. The number of benzene rings is 1. The molecular weight excluding hydrogens is 368 g/mol. The van der Waals surface area contributed by atoms with Crippen LogP contribution in [0.1, 0.15) is 24.8 Å². The van der Waals surface area contributed by atoms with E-state index >= 15 is 0 Å². The molecule has 142 valence electrons. The highest BCUT2D eigenvalue weighted by molar-refractivity contribution is 6.30. The maximum Gasteiger partial charge on any atom is 0.329 e. The van der Waals surface area contributed by atoms with Gasteiger partial charge in [-0.25, -0.2) is 14.8 Å². The Morgan fingerprint density at radius 1 is 1.22 bits per heavy atom. The molecule has 3 rings (SSSR count). The third kappa shape index (κ3) is 5.40. The maximum absolute atomic E-state index is 12.5. The van der Waals surface area contributed by atoms with Crippen LogP contribution in [0.25, 0.3) is 0 Å². The Labute approximate surface area is 162 Å². The number of piperidine rings is 1. The molecular formula is C19H21ClN4O3. The van der Waals surface area contributed by atoms with Crippen molar-refractivity contribution in [1.82, 2.24) is 15.3 Å². The summed E-state index contributed by atoms with van der Waals surface area (Å²) in [6.07, 6.45) is 5.82. The summed E-state index contributed by atoms with van der Waals surface area (Å²) in [5, 5.41) is 3.32. The fourth-order valence-corrected chi connectivity index (χ4v) is 3.20. The Morgan fingerprint density at radius 2 is 2.04 bits per heavy atom. The van der Waals surface area contributed by atoms with Crippen LogP contribution in [0.5, 0.6) is 0 Å². The minimum absolute atomic E-state index is 0.320. The minimum atomic E-state index is -0.470. The summed E-state index contributed by atoms with van der Waals surface area (Å²) in [4.78, 5) is 34.7. The van der Waals surface area contributed by atoms with E-state index in [4.69, 9.17) is 16.3 Å². The molecule has 27 heavy (non-hydrogen) atoms. The van der Waals surface area contributed by atoms with E-state index in [-0.39, 0.29) is 12.5 Å². The van der Waals surface area contributed by atoms with E-state index in [9.17, 15) is 9.59 Å². The zero-order valence-corrected chi connectivity index (χ0v) is 15.6. The highest BCUT2D eigenvalue weighted by Crippen LogP contribution is 2.22. The molecule has 1 fully saturated rings. The summed E-state index contributed by atoms with van der Waals surface area (Å²) in [5.74, 6) is -0.286. The van der Waals surface area contributed by atoms with E-state index in [0.717, 1.165) is 18.4 Å². The molecule has 1 aromatic heterocycles. The molecule has 1 aliphatic rings. The standard InChI is InChI=1S/C19H21ClN4O3/c20-15-6-3-5-14(11-15)12-23-17(25)13-27-18(26)16-7-1-2-10-24(16)19-21-8-4-9-22-19/h3-6,8-9,11,16H,1-2,7,10,12-13H2,(H,23,25). The van der Waals surface area contributed by atoms with Gasteiger partial charge in [-0.3, -0.25) is 4.79 Å². The molecule has 8 heteroatoms. The molecule has 1 N–H and O–H groups in total. The second-order valence-corrected chi connectivity index (χ2v) is 6.70. The Hall–Kier alpha value is -2.67. The Bertz CT molecular complexity index is 788. The number of nitrogens with zero attached hydrogens (tertiary/aromatic N) is 3. The van der Waals surface area contributed by atoms with Crippen LogP contribution in [0.4, 0.5) is 5.95 Å². The average Bonchev–Trinajstić information content (AvgIpc) is 2.71. The molecule has 2 heterocycles. The first kappa shape index (κ1) is 19.1. The number of esters is 1. The van der Waals surface area contributed by atoms with Gasteiger partial charge in [-0.2, -0.15) is 0 Å². The highest BCUT2D eigenvalue weighted by atomic mass is 35.5. The molecule has 0 aliphatic carbocycles. The van der Waals surface area contributed by atoms with Crippen molar-refractivity contribution in [1.29, 1.82) is 0 Å². The second kappa shape index (κ2) is 9.32. The topological polar surface area (TPSA) is 84.4 Å². The van der Waals surface area contributed by atoms with Gasteiger partial charge in [0.1, 0.15) is 6.04 Å². The van der Waals surface area contributed by atoms with Gasteiger partial charge in [0.15, 0.2) is 6.61 Å². The lowest BCUT2D eigenvalue weighted by atomic mass is 10.0. The predicted molar refractivity (Wildman–Crippen MR) is 101 cm³/mol. The fourth-order valence-electron chi connectivity index (χ4n) is 2.99. The van der Waals surface area contributed by atoms with Crippen LogP contribution in [-0.2, 0) is 20.9 Å². The monoisotopic (exact) mass is 388 g/mol. The van der Waals surface area contributed by atoms with Crippen molar-refractivity contribution < 1.29 is 14.3 Å². The summed E-state index contributed by atoms with van der Waals surface area (Å²) in [5.41, 5.74) is 0.877. The predicted octanol–water partition coefficient (Wildman–Crippen LogP) is 2.35. The number of rotatable bonds is 6. The van der Waals surface area contributed by atoms with E-state index in [2.05, 4.69) is 15.3 Å². The molecule has 1 amide bonds. The Kier molecular flexibility index (Phi) is 6.59. The SMILES string of the molecule is O=C(COC(=O)C1CCCCN1c1ncccn1)NCc1cccc(Cl)c1. The zero-order chi connectivity index (χ0) is 19.1. The quantitative estimate of drug-likeness (QED) is 0.765. The van der Waals surface area contributed by atoms with E-state index in [1.165, 1.54) is 0 Å². The molecule has 1 aliphatic heterocycles. The molecule has 7 nitrogen and oxygen atoms in total. The minimum Gasteiger partial charge on any atom is -0.454 e. The van der Waals surface area contributed by atoms with E-state index in [0.29, 0.717) is 30.5 Å². The molecule has 1 saturated heterocycles. The van der Waals surface area contributed by atoms with E-state index in [1.807, 2.05) is 17.0 Å². The first-order valence-corrected chi connectivity index (χ1v) is 9.23. The van der Waals surface area contributed by atoms with Crippen LogP contribution in [0, 0.1) is 0 Å². The lowest BCUT2D eigenvalue weighted by molar-refractivity contribution is -0.150. The molecule has 1 unspecified atom stereocenters. The van der Waals surface area contributed by atoms with Crippen molar-refractivity contribution >= 4 is 29.4 Å². The van der Waals surface area contributed by atoms with Crippen LogP contribution >= 0.6 is 11.6 Å². The molecule has 2 aromatic rings. The molecule has 0 spiro atoms. The number of carbonyl (C=O) groups is 2. The van der Waals surface area contributed by atoms with Crippen molar-refractivity contribution in [3.8, 4) is 0 Å². The smallest absolute Gasteiger partial charge is 0.329 e. The highest BCUT2D eigenvalue weighted by Gasteiger charge is 2.31. The van der Waals surface area contributed by atoms with Crippen LogP contribution in [-0.4, -0.2) is 41.0 Å². The number of aromatic nitrogens is 2. The van der Waals surface area contributed by atoms with Gasteiger partial charge in [-0.05, 0) is 43.0 Å². The molecule has 1 aromatic carbocycles. The Morgan fingerprint density at radius 3 is 2.81 bits per heavy atom. The zero-order valence-electron chi connectivity index (χ0n) is 14.8. The third-order valence-corrected chi connectivity index (χ3v) is 4.54. The number of nitrogens with one attached hydrogen (secondary N) is 1. The summed E-state index contributed by atoms with van der Waals surface area (Å²) in [7, 11) is 0. The van der Waals surface area contributed by atoms with Gasteiger partial charge in [-0.1, -0.05) is 23.7 Å². The largest absolute Gasteiger partial charge is 0.454 e. The summed E-state index contributed by atoms with van der Waals surface area (Å²) < 4.78 is 5.23. The average molecular weight is 389 g/mol. The lowest BCUT2D eigenvalue weighted by Gasteiger charge is -2.33. The van der Waals surface area contributed by atoms with Gasteiger partial charge in [-0.15, -0.1) is 0 Å². The van der Waals surface area contributed by atoms with E-state index < -0.39 is 12.0 Å². The van der Waals surface area contributed by atoms with Crippen molar-refractivity contribution in [2.45, 2.75) is 31.8 Å². The summed E-state index contributed by atoms with van der Waals surface area (Å²) in [6, 6.07) is 8.46. The second-order valence-electron chi connectivity index (χ2n) is 6.27. The van der Waals surface area contributed by atoms with Crippen LogP contribution < -0.4 is 10.2 Å². The number of ether oxygens (including phenoxy) is 1. The van der Waals surface area contributed by atoms with Gasteiger partial charge in [0.25, 0.3) is 5.91 Å². The van der Waals surface area contributed by atoms with Gasteiger partial charge in [0.05, 0.1) is 0 Å². The molecule has 1 atom stereocenters. The summed E-state index contributed by atoms with van der Waals surface area (Å²) >= 11 is 5.92. The first-order valence-electron chi connectivity index (χ1n) is 8.85. The third-order valence-electron chi connectivity index (χ3n) is 4.31. The van der Waals surface area contributed by atoms with Gasteiger partial charge in [0.2, 0.25) is 5.95 Å². The number of amides is 1. The number of hydrogen-bond acceptors (Lipinski definition) is 6. The van der Waals surface area contributed by atoms with Crippen molar-refractivity contribution in [3.05, 3.63) is 53.3 Å². The molecule has 0 saturated carbocycles. The van der Waals surface area contributed by atoms with Crippen molar-refractivity contribution in [2.24, 2.45) is 0 Å². The van der Waals surface area contributed by atoms with Gasteiger partial charge in [0, 0.05) is 30.5 Å². The van der Waals surface area contributed by atoms with Crippen LogP contribution in [0.2, 0.25) is 5.02 Å². The number of halogens is 1. The van der Waals surface area contributed by atoms with E-state index in [1.54, 1.807) is 30.6 Å². The summed E-state index contributed by atoms with van der Waals surface area (Å²) in [6.45, 7) is 0.689. The molecule has 0 radical (unpaired) electrons. The lowest BCUT2D eigenvalue weighted by Crippen LogP contribution is -2.47. The van der Waals surface area contributed by atoms with Crippen molar-refractivity contribution in [3.63, 3.8) is 0 Å². The number of anilines is 1. The number of hydrogen-bond donors (Lipinski definition) is 1. The Balaban J connectivity index is 1.50.